The van der Waals surface area contributed by atoms with Gasteiger partial charge in [0.1, 0.15) is 6.61 Å². The molecule has 1 heterocycles. The Hall–Kier alpha value is -1.00. The Bertz CT molecular complexity index is 330. The van der Waals surface area contributed by atoms with Crippen LogP contribution in [0.1, 0.15) is 43.0 Å². The Balaban J connectivity index is 2.72. The van der Waals surface area contributed by atoms with E-state index in [-0.39, 0.29) is 0 Å². The van der Waals surface area contributed by atoms with E-state index < -0.39 is 0 Å². The van der Waals surface area contributed by atoms with Crippen LogP contribution in [0.4, 0.5) is 0 Å². The van der Waals surface area contributed by atoms with Crippen molar-refractivity contribution in [1.82, 2.24) is 15.3 Å². The molecule has 0 aliphatic rings. The van der Waals surface area contributed by atoms with Gasteiger partial charge in [0.2, 0.25) is 0 Å². The summed E-state index contributed by atoms with van der Waals surface area (Å²) in [4.78, 5) is 8.95. The minimum atomic E-state index is 0.501. The summed E-state index contributed by atoms with van der Waals surface area (Å²) in [5, 5.41) is 3.38. The molecule has 0 saturated carbocycles. The zero-order valence-electron chi connectivity index (χ0n) is 11.3. The molecule has 0 saturated heterocycles. The first-order valence-corrected chi connectivity index (χ1v) is 6.30. The van der Waals surface area contributed by atoms with E-state index in [4.69, 9.17) is 4.74 Å². The van der Waals surface area contributed by atoms with Crippen molar-refractivity contribution in [3.63, 3.8) is 0 Å². The Morgan fingerprint density at radius 1 is 1.12 bits per heavy atom. The Morgan fingerprint density at radius 2 is 1.76 bits per heavy atom. The van der Waals surface area contributed by atoms with Crippen LogP contribution in [0.5, 0.6) is 0 Å². The first-order chi connectivity index (χ1) is 8.19. The van der Waals surface area contributed by atoms with E-state index in [2.05, 4.69) is 22.2 Å². The van der Waals surface area contributed by atoms with Crippen LogP contribution in [0.25, 0.3) is 0 Å². The van der Waals surface area contributed by atoms with Gasteiger partial charge in [-0.2, -0.15) is 0 Å². The molecule has 1 aromatic rings. The largest absolute Gasteiger partial charge is 0.374 e. The third-order valence-corrected chi connectivity index (χ3v) is 2.63. The van der Waals surface area contributed by atoms with E-state index in [0.29, 0.717) is 13.2 Å². The molecule has 0 aliphatic carbocycles. The van der Waals surface area contributed by atoms with Gasteiger partial charge in [-0.15, -0.1) is 0 Å². The second-order valence-corrected chi connectivity index (χ2v) is 4.10. The molecule has 0 spiro atoms. The lowest BCUT2D eigenvalue weighted by molar-refractivity contribution is 0.128. The topological polar surface area (TPSA) is 47.0 Å². The molecule has 4 nitrogen and oxygen atoms in total. The van der Waals surface area contributed by atoms with Crippen molar-refractivity contribution in [2.75, 3.05) is 13.2 Å². The van der Waals surface area contributed by atoms with Crippen molar-refractivity contribution in [1.29, 1.82) is 0 Å². The average molecular weight is 237 g/mol. The SMILES string of the molecule is CCCNCc1c(C)nc(COCC)nc1C. The van der Waals surface area contributed by atoms with Gasteiger partial charge in [-0.3, -0.25) is 0 Å². The van der Waals surface area contributed by atoms with Gasteiger partial charge in [0.25, 0.3) is 0 Å². The standard InChI is InChI=1S/C13H23N3O/c1-5-7-14-8-12-10(3)15-13(9-17-6-2)16-11(12)4/h14H,5-9H2,1-4H3. The molecule has 0 atom stereocenters. The Kier molecular flexibility index (Phi) is 6.08. The van der Waals surface area contributed by atoms with Gasteiger partial charge in [0.05, 0.1) is 0 Å². The predicted octanol–water partition coefficient (Wildman–Crippen LogP) is 2.13. The van der Waals surface area contributed by atoms with E-state index in [1.165, 1.54) is 5.56 Å². The smallest absolute Gasteiger partial charge is 0.154 e. The molecular weight excluding hydrogens is 214 g/mol. The molecule has 0 aliphatic heterocycles. The minimum Gasteiger partial charge on any atom is -0.374 e. The molecule has 1 N–H and O–H groups in total. The van der Waals surface area contributed by atoms with E-state index in [9.17, 15) is 0 Å². The molecule has 0 radical (unpaired) electrons. The molecule has 0 bridgehead atoms. The van der Waals surface area contributed by atoms with Crippen molar-refractivity contribution in [3.8, 4) is 0 Å². The maximum absolute atomic E-state index is 5.33. The van der Waals surface area contributed by atoms with Crippen molar-refractivity contribution in [2.45, 2.75) is 47.3 Å². The van der Waals surface area contributed by atoms with Gasteiger partial charge in [-0.05, 0) is 33.7 Å². The molecular formula is C13H23N3O. The van der Waals surface area contributed by atoms with Crippen LogP contribution < -0.4 is 5.32 Å². The summed E-state index contributed by atoms with van der Waals surface area (Å²) < 4.78 is 5.33. The molecule has 4 heteroatoms. The minimum absolute atomic E-state index is 0.501. The van der Waals surface area contributed by atoms with Crippen molar-refractivity contribution in [3.05, 3.63) is 22.8 Å². The summed E-state index contributed by atoms with van der Waals surface area (Å²) in [6.07, 6.45) is 1.14. The van der Waals surface area contributed by atoms with Gasteiger partial charge >= 0.3 is 0 Å². The highest BCUT2D eigenvalue weighted by Gasteiger charge is 2.07. The lowest BCUT2D eigenvalue weighted by Gasteiger charge is -2.11. The van der Waals surface area contributed by atoms with Gasteiger partial charge < -0.3 is 10.1 Å². The quantitative estimate of drug-likeness (QED) is 0.738. The predicted molar refractivity (Wildman–Crippen MR) is 68.8 cm³/mol. The van der Waals surface area contributed by atoms with Crippen molar-refractivity contribution in [2.24, 2.45) is 0 Å². The maximum Gasteiger partial charge on any atom is 0.154 e. The summed E-state index contributed by atoms with van der Waals surface area (Å²) in [5.41, 5.74) is 3.31. The molecule has 0 fully saturated rings. The average Bonchev–Trinajstić information content (AvgIpc) is 2.30. The highest BCUT2D eigenvalue weighted by molar-refractivity contribution is 5.24. The number of hydrogen-bond acceptors (Lipinski definition) is 4. The van der Waals surface area contributed by atoms with Crippen LogP contribution in [0.15, 0.2) is 0 Å². The fraction of sp³-hybridized carbons (Fsp3) is 0.692. The van der Waals surface area contributed by atoms with Crippen LogP contribution in [0.3, 0.4) is 0 Å². The third-order valence-electron chi connectivity index (χ3n) is 2.63. The van der Waals surface area contributed by atoms with Gasteiger partial charge in [-0.25, -0.2) is 9.97 Å². The Morgan fingerprint density at radius 3 is 2.29 bits per heavy atom. The lowest BCUT2D eigenvalue weighted by atomic mass is 10.1. The molecule has 1 aromatic heterocycles. The van der Waals surface area contributed by atoms with Crippen LogP contribution in [0, 0.1) is 13.8 Å². The summed E-state index contributed by atoms with van der Waals surface area (Å²) in [5.74, 6) is 0.779. The number of nitrogens with zero attached hydrogens (tertiary/aromatic N) is 2. The summed E-state index contributed by atoms with van der Waals surface area (Å²) >= 11 is 0. The lowest BCUT2D eigenvalue weighted by Crippen LogP contribution is -2.17. The number of ether oxygens (including phenoxy) is 1. The van der Waals surface area contributed by atoms with E-state index in [1.54, 1.807) is 0 Å². The zero-order valence-corrected chi connectivity index (χ0v) is 11.3. The number of aromatic nitrogens is 2. The second-order valence-electron chi connectivity index (χ2n) is 4.10. The van der Waals surface area contributed by atoms with Crippen LogP contribution in [0.2, 0.25) is 0 Å². The summed E-state index contributed by atoms with van der Waals surface area (Å²) in [6.45, 7) is 11.3. The highest BCUT2D eigenvalue weighted by atomic mass is 16.5. The van der Waals surface area contributed by atoms with Gasteiger partial charge in [0, 0.05) is 30.1 Å². The van der Waals surface area contributed by atoms with Crippen LogP contribution >= 0.6 is 0 Å². The number of hydrogen-bond donors (Lipinski definition) is 1. The molecule has 0 amide bonds. The summed E-state index contributed by atoms with van der Waals surface area (Å²) in [6, 6.07) is 0. The number of nitrogens with one attached hydrogen (secondary N) is 1. The van der Waals surface area contributed by atoms with Crippen molar-refractivity contribution >= 4 is 0 Å². The monoisotopic (exact) mass is 237 g/mol. The van der Waals surface area contributed by atoms with Gasteiger partial charge in [0.15, 0.2) is 5.82 Å². The molecule has 0 aromatic carbocycles. The second kappa shape index (κ2) is 7.35. The van der Waals surface area contributed by atoms with E-state index >= 15 is 0 Å². The first kappa shape index (κ1) is 14.1. The zero-order chi connectivity index (χ0) is 12.7. The van der Waals surface area contributed by atoms with Crippen LogP contribution in [-0.4, -0.2) is 23.1 Å². The molecule has 0 unspecified atom stereocenters. The fourth-order valence-electron chi connectivity index (χ4n) is 1.71. The first-order valence-electron chi connectivity index (χ1n) is 6.30. The van der Waals surface area contributed by atoms with Crippen LogP contribution in [-0.2, 0) is 17.9 Å². The molecule has 17 heavy (non-hydrogen) atoms. The highest BCUT2D eigenvalue weighted by Crippen LogP contribution is 2.10. The normalized spacial score (nSPS) is 10.8. The Labute approximate surface area is 104 Å². The maximum atomic E-state index is 5.33. The molecule has 1 rings (SSSR count). The third kappa shape index (κ3) is 4.40. The fourth-order valence-corrected chi connectivity index (χ4v) is 1.71. The summed E-state index contributed by atoms with van der Waals surface area (Å²) in [7, 11) is 0. The van der Waals surface area contributed by atoms with E-state index in [0.717, 1.165) is 36.7 Å². The number of rotatable bonds is 7. The van der Waals surface area contributed by atoms with E-state index in [1.807, 2.05) is 20.8 Å². The molecule has 96 valence electrons. The number of aryl methyl sites for hydroxylation is 2. The van der Waals surface area contributed by atoms with Crippen molar-refractivity contribution < 1.29 is 4.74 Å². The van der Waals surface area contributed by atoms with Gasteiger partial charge in [-0.1, -0.05) is 6.92 Å².